The molecule has 1 heterocycles. The molecule has 2 rings (SSSR count). The van der Waals surface area contributed by atoms with Gasteiger partial charge >= 0.3 is 0 Å². The largest absolute Gasteiger partial charge is 0.288 e. The smallest absolute Gasteiger partial charge is 0.204 e. The first kappa shape index (κ1) is 11.0. The lowest BCUT2D eigenvalue weighted by Gasteiger charge is -2.03. The number of thiazole rings is 1. The van der Waals surface area contributed by atoms with Crippen molar-refractivity contribution in [2.24, 2.45) is 0 Å². The molecule has 16 heavy (non-hydrogen) atoms. The van der Waals surface area contributed by atoms with Gasteiger partial charge < -0.3 is 0 Å². The highest BCUT2D eigenvalue weighted by atomic mass is 32.1. The molecule has 2 aromatic rings. The summed E-state index contributed by atoms with van der Waals surface area (Å²) in [5, 5.41) is 0.924. The van der Waals surface area contributed by atoms with Gasteiger partial charge in [-0.05, 0) is 26.3 Å². The van der Waals surface area contributed by atoms with Crippen LogP contribution in [0.1, 0.15) is 31.4 Å². The van der Waals surface area contributed by atoms with E-state index in [1.54, 1.807) is 6.20 Å². The van der Waals surface area contributed by atoms with E-state index in [2.05, 4.69) is 4.98 Å². The predicted molar refractivity (Wildman–Crippen MR) is 66.2 cm³/mol. The highest BCUT2D eigenvalue weighted by Crippen LogP contribution is 2.19. The van der Waals surface area contributed by atoms with E-state index in [1.165, 1.54) is 16.9 Å². The Morgan fingerprint density at radius 3 is 2.56 bits per heavy atom. The molecule has 0 unspecified atom stereocenters. The SMILES string of the molecule is Cc1ccc(C(=O)c2cnc(C)s2)c(C)c1. The lowest BCUT2D eigenvalue weighted by molar-refractivity contribution is 0.104. The zero-order chi connectivity index (χ0) is 11.7. The minimum atomic E-state index is 0.0723. The van der Waals surface area contributed by atoms with Gasteiger partial charge in [-0.15, -0.1) is 11.3 Å². The fourth-order valence-electron chi connectivity index (χ4n) is 1.67. The standard InChI is InChI=1S/C13H13NOS/c1-8-4-5-11(9(2)6-8)13(15)12-7-14-10(3)16-12/h4-7H,1-3H3. The van der Waals surface area contributed by atoms with Gasteiger partial charge in [0.15, 0.2) is 0 Å². The molecular formula is C13H13NOS. The summed E-state index contributed by atoms with van der Waals surface area (Å²) in [7, 11) is 0. The molecule has 0 aliphatic heterocycles. The molecule has 0 amide bonds. The second-order valence-corrected chi connectivity index (χ2v) is 5.13. The number of hydrogen-bond donors (Lipinski definition) is 0. The Balaban J connectivity index is 2.41. The Morgan fingerprint density at radius 2 is 2.00 bits per heavy atom. The van der Waals surface area contributed by atoms with Crippen molar-refractivity contribution in [3.63, 3.8) is 0 Å². The predicted octanol–water partition coefficient (Wildman–Crippen LogP) is 3.30. The molecule has 0 saturated heterocycles. The summed E-state index contributed by atoms with van der Waals surface area (Å²) < 4.78 is 0. The van der Waals surface area contributed by atoms with Crippen LogP contribution in [0, 0.1) is 20.8 Å². The molecular weight excluding hydrogens is 218 g/mol. The van der Waals surface area contributed by atoms with Crippen LogP contribution in [0.5, 0.6) is 0 Å². The summed E-state index contributed by atoms with van der Waals surface area (Å²) in [6.45, 7) is 5.90. The molecule has 3 heteroatoms. The van der Waals surface area contributed by atoms with Crippen molar-refractivity contribution >= 4 is 17.1 Å². The Bertz CT molecular complexity index is 543. The van der Waals surface area contributed by atoms with Crippen molar-refractivity contribution in [1.29, 1.82) is 0 Å². The van der Waals surface area contributed by atoms with Crippen LogP contribution in [0.15, 0.2) is 24.4 Å². The van der Waals surface area contributed by atoms with Gasteiger partial charge in [0.05, 0.1) is 9.88 Å². The van der Waals surface area contributed by atoms with Crippen LogP contribution in [0.25, 0.3) is 0 Å². The third kappa shape index (κ3) is 2.04. The molecule has 0 N–H and O–H groups in total. The highest BCUT2D eigenvalue weighted by molar-refractivity contribution is 7.13. The van der Waals surface area contributed by atoms with Gasteiger partial charge in [0.25, 0.3) is 0 Å². The van der Waals surface area contributed by atoms with Crippen LogP contribution in [-0.4, -0.2) is 10.8 Å². The summed E-state index contributed by atoms with van der Waals surface area (Å²) in [6, 6.07) is 5.89. The summed E-state index contributed by atoms with van der Waals surface area (Å²) in [4.78, 5) is 17.0. The van der Waals surface area contributed by atoms with Gasteiger partial charge in [-0.3, -0.25) is 4.79 Å². The average molecular weight is 231 g/mol. The maximum atomic E-state index is 12.2. The van der Waals surface area contributed by atoms with Crippen LogP contribution in [0.2, 0.25) is 0 Å². The summed E-state index contributed by atoms with van der Waals surface area (Å²) >= 11 is 1.44. The number of nitrogens with zero attached hydrogens (tertiary/aromatic N) is 1. The number of rotatable bonds is 2. The van der Waals surface area contributed by atoms with Crippen LogP contribution >= 0.6 is 11.3 Å². The van der Waals surface area contributed by atoms with Gasteiger partial charge in [0, 0.05) is 11.8 Å². The molecule has 2 nitrogen and oxygen atoms in total. The molecule has 0 radical (unpaired) electrons. The Hall–Kier alpha value is -1.48. The van der Waals surface area contributed by atoms with Gasteiger partial charge in [-0.25, -0.2) is 4.98 Å². The third-order valence-corrected chi connectivity index (χ3v) is 3.38. The summed E-state index contributed by atoms with van der Waals surface area (Å²) in [6.07, 6.45) is 1.65. The average Bonchev–Trinajstić information content (AvgIpc) is 2.64. The van der Waals surface area contributed by atoms with Crippen LogP contribution in [0.4, 0.5) is 0 Å². The van der Waals surface area contributed by atoms with Crippen molar-refractivity contribution in [3.8, 4) is 0 Å². The summed E-state index contributed by atoms with van der Waals surface area (Å²) in [5.74, 6) is 0.0723. The third-order valence-electron chi connectivity index (χ3n) is 2.47. The maximum absolute atomic E-state index is 12.2. The zero-order valence-corrected chi connectivity index (χ0v) is 10.4. The summed E-state index contributed by atoms with van der Waals surface area (Å²) in [5.41, 5.74) is 2.97. The second kappa shape index (κ2) is 4.18. The van der Waals surface area contributed by atoms with E-state index in [0.717, 1.165) is 16.1 Å². The molecule has 0 aliphatic rings. The quantitative estimate of drug-likeness (QED) is 0.742. The van der Waals surface area contributed by atoms with Crippen molar-refractivity contribution in [2.45, 2.75) is 20.8 Å². The van der Waals surface area contributed by atoms with E-state index < -0.39 is 0 Å². The molecule has 0 spiro atoms. The van der Waals surface area contributed by atoms with E-state index in [0.29, 0.717) is 4.88 Å². The first-order valence-electron chi connectivity index (χ1n) is 5.12. The number of aromatic nitrogens is 1. The van der Waals surface area contributed by atoms with E-state index in [4.69, 9.17) is 0 Å². The topological polar surface area (TPSA) is 30.0 Å². The minimum absolute atomic E-state index is 0.0723. The van der Waals surface area contributed by atoms with Gasteiger partial charge in [0.1, 0.15) is 0 Å². The number of carbonyl (C=O) groups is 1. The lowest BCUT2D eigenvalue weighted by atomic mass is 10.0. The molecule has 0 aliphatic carbocycles. The van der Waals surface area contributed by atoms with Crippen molar-refractivity contribution in [3.05, 3.63) is 51.0 Å². The molecule has 0 fully saturated rings. The number of aryl methyl sites for hydroxylation is 3. The zero-order valence-electron chi connectivity index (χ0n) is 9.57. The van der Waals surface area contributed by atoms with Crippen molar-refractivity contribution in [1.82, 2.24) is 4.98 Å². The Morgan fingerprint density at radius 1 is 1.25 bits per heavy atom. The lowest BCUT2D eigenvalue weighted by Crippen LogP contribution is -2.01. The first-order chi connectivity index (χ1) is 7.58. The van der Waals surface area contributed by atoms with Gasteiger partial charge in [-0.2, -0.15) is 0 Å². The highest BCUT2D eigenvalue weighted by Gasteiger charge is 2.13. The van der Waals surface area contributed by atoms with Crippen molar-refractivity contribution in [2.75, 3.05) is 0 Å². The van der Waals surface area contributed by atoms with Crippen LogP contribution < -0.4 is 0 Å². The normalized spacial score (nSPS) is 10.4. The van der Waals surface area contributed by atoms with E-state index in [-0.39, 0.29) is 5.78 Å². The fourth-order valence-corrected chi connectivity index (χ4v) is 2.40. The molecule has 82 valence electrons. The molecule has 1 aromatic heterocycles. The number of ketones is 1. The number of hydrogen-bond acceptors (Lipinski definition) is 3. The van der Waals surface area contributed by atoms with E-state index in [1.807, 2.05) is 39.0 Å². The van der Waals surface area contributed by atoms with Gasteiger partial charge in [0.2, 0.25) is 5.78 Å². The first-order valence-corrected chi connectivity index (χ1v) is 5.94. The second-order valence-electron chi connectivity index (χ2n) is 3.89. The number of benzene rings is 1. The van der Waals surface area contributed by atoms with Crippen LogP contribution in [0.3, 0.4) is 0 Å². The van der Waals surface area contributed by atoms with E-state index >= 15 is 0 Å². The molecule has 0 saturated carbocycles. The number of carbonyl (C=O) groups excluding carboxylic acids is 1. The van der Waals surface area contributed by atoms with Gasteiger partial charge in [-0.1, -0.05) is 23.8 Å². The molecule has 1 aromatic carbocycles. The van der Waals surface area contributed by atoms with E-state index in [9.17, 15) is 4.79 Å². The minimum Gasteiger partial charge on any atom is -0.288 e. The molecule has 0 bridgehead atoms. The van der Waals surface area contributed by atoms with Crippen LogP contribution in [-0.2, 0) is 0 Å². The van der Waals surface area contributed by atoms with Crippen molar-refractivity contribution < 1.29 is 4.79 Å². The fraction of sp³-hybridized carbons (Fsp3) is 0.231. The monoisotopic (exact) mass is 231 g/mol. The maximum Gasteiger partial charge on any atom is 0.204 e. The Kier molecular flexibility index (Phi) is 2.88. The Labute approximate surface area is 99.0 Å². The molecule has 0 atom stereocenters.